The van der Waals surface area contributed by atoms with Crippen molar-refractivity contribution in [2.24, 2.45) is 0 Å². The third kappa shape index (κ3) is 13.2. The van der Waals surface area contributed by atoms with Crippen LogP contribution < -0.4 is 14.2 Å². The van der Waals surface area contributed by atoms with Gasteiger partial charge >= 0.3 is 24.1 Å². The molecule has 5 aromatic rings. The molecule has 0 heterocycles. The summed E-state index contributed by atoms with van der Waals surface area (Å²) in [6.45, 7) is 14.5. The van der Waals surface area contributed by atoms with E-state index in [9.17, 15) is 32.7 Å². The molecule has 0 aliphatic rings. The van der Waals surface area contributed by atoms with Crippen LogP contribution in [-0.4, -0.2) is 53.6 Å². The monoisotopic (exact) mass is 858 g/mol. The van der Waals surface area contributed by atoms with Crippen molar-refractivity contribution >= 4 is 17.9 Å². The number of carbonyl (C=O) groups excluding carboxylic acids is 3. The minimum Gasteiger partial charge on any atom is -0.508 e. The number of alkyl halides is 3. The van der Waals surface area contributed by atoms with E-state index in [1.165, 1.54) is 36.8 Å². The largest absolute Gasteiger partial charge is 0.508 e. The molecule has 62 heavy (non-hydrogen) atoms. The fourth-order valence-corrected chi connectivity index (χ4v) is 6.13. The second kappa shape index (κ2) is 21.3. The number of phenols is 1. The van der Waals surface area contributed by atoms with Crippen LogP contribution in [0, 0.1) is 27.7 Å². The summed E-state index contributed by atoms with van der Waals surface area (Å²) in [6, 6.07) is 32.7. The fourth-order valence-electron chi connectivity index (χ4n) is 6.13. The number of benzene rings is 5. The Labute approximate surface area is 360 Å². The van der Waals surface area contributed by atoms with Gasteiger partial charge in [-0.15, -0.1) is 0 Å². The van der Waals surface area contributed by atoms with Gasteiger partial charge in [-0.05, 0) is 143 Å². The number of halogens is 3. The molecule has 0 aromatic heterocycles. The molecule has 0 bridgehead atoms. The molecule has 0 saturated heterocycles. The third-order valence-corrected chi connectivity index (χ3v) is 9.88. The molecule has 3 atom stereocenters. The van der Waals surface area contributed by atoms with Crippen LogP contribution in [0.15, 0.2) is 115 Å². The minimum atomic E-state index is -5.30. The van der Waals surface area contributed by atoms with Crippen molar-refractivity contribution in [3.05, 3.63) is 154 Å². The first-order valence-corrected chi connectivity index (χ1v) is 20.0. The Bertz CT molecular complexity index is 2260. The van der Waals surface area contributed by atoms with Crippen LogP contribution in [0.5, 0.6) is 23.0 Å². The molecule has 5 rings (SSSR count). The number of phenolic OH excluding ortho intramolecular Hbond substituents is 1. The van der Waals surface area contributed by atoms with E-state index in [2.05, 4.69) is 0 Å². The molecule has 0 aliphatic heterocycles. The number of hydrogen-bond donors (Lipinski definition) is 1. The van der Waals surface area contributed by atoms with Gasteiger partial charge in [0, 0.05) is 6.42 Å². The first-order valence-electron chi connectivity index (χ1n) is 20.0. The van der Waals surface area contributed by atoms with Crippen LogP contribution in [0.4, 0.5) is 13.2 Å². The second-order valence-electron chi connectivity index (χ2n) is 14.9. The Hall–Kier alpha value is -6.50. The maximum absolute atomic E-state index is 13.3. The van der Waals surface area contributed by atoms with Crippen molar-refractivity contribution in [1.29, 1.82) is 0 Å². The van der Waals surface area contributed by atoms with Crippen molar-refractivity contribution in [3.8, 4) is 23.0 Å². The number of carbonyl (C=O) groups is 3. The van der Waals surface area contributed by atoms with Gasteiger partial charge in [-0.25, -0.2) is 14.4 Å². The summed E-state index contributed by atoms with van der Waals surface area (Å²) in [5, 5.41) is 9.42. The van der Waals surface area contributed by atoms with Gasteiger partial charge in [-0.2, -0.15) is 13.2 Å². The molecule has 0 saturated carbocycles. The third-order valence-electron chi connectivity index (χ3n) is 9.88. The summed E-state index contributed by atoms with van der Waals surface area (Å²) < 4.78 is 72.8. The van der Waals surface area contributed by atoms with E-state index in [0.29, 0.717) is 24.5 Å². The number of ether oxygens (including phenoxy) is 6. The highest BCUT2D eigenvalue weighted by molar-refractivity contribution is 5.83. The van der Waals surface area contributed by atoms with Crippen molar-refractivity contribution < 1.29 is 61.1 Å². The highest BCUT2D eigenvalue weighted by atomic mass is 19.4. The zero-order valence-electron chi connectivity index (χ0n) is 36.1. The molecule has 0 amide bonds. The zero-order chi connectivity index (χ0) is 45.7. The van der Waals surface area contributed by atoms with Crippen LogP contribution in [0.2, 0.25) is 0 Å². The number of esters is 3. The maximum Gasteiger partial charge on any atom is 0.490 e. The lowest BCUT2D eigenvalue weighted by atomic mass is 9.91. The summed E-state index contributed by atoms with van der Waals surface area (Å²) in [6.07, 6.45) is -6.76. The van der Waals surface area contributed by atoms with Crippen molar-refractivity contribution in [2.45, 2.75) is 91.9 Å². The molecule has 0 spiro atoms. The first kappa shape index (κ1) is 48.2. The normalized spacial score (nSPS) is 13.5. The van der Waals surface area contributed by atoms with Crippen LogP contribution in [0.25, 0.3) is 0 Å². The number of aryl methyl sites for hydroxylation is 4. The van der Waals surface area contributed by atoms with E-state index in [1.807, 2.05) is 76.2 Å². The van der Waals surface area contributed by atoms with E-state index in [4.69, 9.17) is 28.4 Å². The topological polar surface area (TPSA) is 127 Å². The van der Waals surface area contributed by atoms with Gasteiger partial charge in [0.15, 0.2) is 6.10 Å². The van der Waals surface area contributed by atoms with Crippen molar-refractivity contribution in [3.63, 3.8) is 0 Å². The Kier molecular flexibility index (Phi) is 16.6. The average Bonchev–Trinajstić information content (AvgIpc) is 3.23. The summed E-state index contributed by atoms with van der Waals surface area (Å²) in [4.78, 5) is 37.6. The summed E-state index contributed by atoms with van der Waals surface area (Å²) >= 11 is 0. The SMILES string of the molecule is CCOC(=O)C(C)(Cc1ccc(O)cc1)Oc1ccc(C)c(C)c1.CCOC(=O)C(C)(Oc1ccc(C)c(C)c1)C(OC(=O)C(F)(F)F)c1ccc(OCc2ccccc2)cc1. The van der Waals surface area contributed by atoms with Gasteiger partial charge in [0.2, 0.25) is 11.2 Å². The van der Waals surface area contributed by atoms with Crippen LogP contribution in [0.3, 0.4) is 0 Å². The lowest BCUT2D eigenvalue weighted by Crippen LogP contribution is -2.50. The quantitative estimate of drug-likeness (QED) is 0.0757. The zero-order valence-corrected chi connectivity index (χ0v) is 36.1. The summed E-state index contributed by atoms with van der Waals surface area (Å²) in [5.74, 6) is -2.44. The molecule has 5 aromatic carbocycles. The van der Waals surface area contributed by atoms with E-state index < -0.39 is 41.4 Å². The molecule has 0 fully saturated rings. The molecule has 0 aliphatic carbocycles. The highest BCUT2D eigenvalue weighted by Crippen LogP contribution is 2.38. The molecule has 330 valence electrons. The fraction of sp³-hybridized carbons (Fsp3) is 0.327. The van der Waals surface area contributed by atoms with E-state index >= 15 is 0 Å². The van der Waals surface area contributed by atoms with Gasteiger partial charge in [0.1, 0.15) is 29.6 Å². The summed E-state index contributed by atoms with van der Waals surface area (Å²) in [5.41, 5.74) is 2.62. The smallest absolute Gasteiger partial charge is 0.490 e. The Morgan fingerprint density at radius 2 is 1.11 bits per heavy atom. The molecular formula is C49H53F3O10. The summed E-state index contributed by atoms with van der Waals surface area (Å²) in [7, 11) is 0. The average molecular weight is 859 g/mol. The number of aromatic hydroxyl groups is 1. The maximum atomic E-state index is 13.3. The second-order valence-corrected chi connectivity index (χ2v) is 14.9. The molecule has 10 nitrogen and oxygen atoms in total. The number of hydrogen-bond acceptors (Lipinski definition) is 10. The van der Waals surface area contributed by atoms with Gasteiger partial charge in [0.25, 0.3) is 0 Å². The van der Waals surface area contributed by atoms with E-state index in [0.717, 1.165) is 27.8 Å². The molecule has 13 heteroatoms. The first-order chi connectivity index (χ1) is 29.3. The van der Waals surface area contributed by atoms with Gasteiger partial charge < -0.3 is 33.5 Å². The van der Waals surface area contributed by atoms with Gasteiger partial charge in [-0.1, -0.05) is 66.7 Å². The Morgan fingerprint density at radius 3 is 1.63 bits per heavy atom. The molecule has 3 unspecified atom stereocenters. The van der Waals surface area contributed by atoms with E-state index in [1.54, 1.807) is 63.2 Å². The van der Waals surface area contributed by atoms with Crippen LogP contribution in [-0.2, 0) is 41.6 Å². The minimum absolute atomic E-state index is 0.0725. The van der Waals surface area contributed by atoms with E-state index in [-0.39, 0.29) is 30.3 Å². The standard InChI is InChI=1S/C29H29F3O6.C20H24O4/c1-5-35-26(33)28(4,38-24-14-11-19(2)20(3)17-24)25(37-27(34)29(30,31)32)22-12-15-23(16-13-22)36-18-21-9-7-6-8-10-21;1-5-23-19(22)20(4,13-16-7-9-17(21)10-8-16)24-18-11-6-14(2)15(3)12-18/h6-17,25H,5,18H2,1-4H3;6-12,21H,5,13H2,1-4H3. The number of rotatable bonds is 16. The van der Waals surface area contributed by atoms with Gasteiger partial charge in [-0.3, -0.25) is 0 Å². The van der Waals surface area contributed by atoms with Crippen LogP contribution >= 0.6 is 0 Å². The lowest BCUT2D eigenvalue weighted by molar-refractivity contribution is -0.216. The molecular weight excluding hydrogens is 806 g/mol. The predicted molar refractivity (Wildman–Crippen MR) is 227 cm³/mol. The molecule has 1 N–H and O–H groups in total. The Balaban J connectivity index is 0.000000302. The molecule has 0 radical (unpaired) electrons. The van der Waals surface area contributed by atoms with Crippen molar-refractivity contribution in [2.75, 3.05) is 13.2 Å². The Morgan fingerprint density at radius 1 is 0.597 bits per heavy atom. The van der Waals surface area contributed by atoms with Gasteiger partial charge in [0.05, 0.1) is 13.2 Å². The highest BCUT2D eigenvalue weighted by Gasteiger charge is 2.52. The van der Waals surface area contributed by atoms with Crippen LogP contribution in [0.1, 0.15) is 72.7 Å². The van der Waals surface area contributed by atoms with Crippen molar-refractivity contribution in [1.82, 2.24) is 0 Å². The predicted octanol–water partition coefficient (Wildman–Crippen LogP) is 10.4. The lowest BCUT2D eigenvalue weighted by Gasteiger charge is -2.35.